The Hall–Kier alpha value is -2.12. The number of hydrogen-bond acceptors (Lipinski definition) is 5. The number of carbonyl (C=O) groups is 1. The number of amides is 1. The van der Waals surface area contributed by atoms with Crippen molar-refractivity contribution in [3.8, 4) is 0 Å². The van der Waals surface area contributed by atoms with Crippen LogP contribution in [-0.2, 0) is 27.5 Å². The molecule has 0 spiro atoms. The number of alkyl halides is 3. The number of nitrogens with zero attached hydrogens (tertiary/aromatic N) is 6. The van der Waals surface area contributed by atoms with Crippen LogP contribution in [0.1, 0.15) is 55.7 Å². The molecule has 3 heterocycles. The highest BCUT2D eigenvalue weighted by Crippen LogP contribution is 2.47. The van der Waals surface area contributed by atoms with Crippen molar-refractivity contribution < 1.29 is 26.4 Å². The van der Waals surface area contributed by atoms with Crippen LogP contribution in [0.25, 0.3) is 0 Å². The van der Waals surface area contributed by atoms with Gasteiger partial charge in [-0.2, -0.15) is 27.7 Å². The minimum absolute atomic E-state index is 0.0701. The van der Waals surface area contributed by atoms with Crippen molar-refractivity contribution in [1.29, 1.82) is 0 Å². The number of aromatic nitrogens is 4. The highest BCUT2D eigenvalue weighted by molar-refractivity contribution is 7.89. The predicted octanol–water partition coefficient (Wildman–Crippen LogP) is 3.05. The van der Waals surface area contributed by atoms with Crippen LogP contribution in [0.4, 0.5) is 13.2 Å². The number of carbonyl (C=O) groups excluding carboxylic acids is 1. The third-order valence-corrected chi connectivity index (χ3v) is 8.61. The molecule has 34 heavy (non-hydrogen) atoms. The van der Waals surface area contributed by atoms with E-state index in [1.165, 1.54) is 22.3 Å². The Bertz CT molecular complexity index is 1200. The van der Waals surface area contributed by atoms with Gasteiger partial charge in [-0.3, -0.25) is 14.2 Å². The highest BCUT2D eigenvalue weighted by Gasteiger charge is 2.44. The largest absolute Gasteiger partial charge is 0.436 e. The van der Waals surface area contributed by atoms with Crippen molar-refractivity contribution in [2.24, 2.45) is 0 Å². The molecule has 1 saturated carbocycles. The molecule has 0 aromatic carbocycles. The number of aryl methyl sites for hydroxylation is 2. The van der Waals surface area contributed by atoms with E-state index in [0.717, 1.165) is 4.68 Å². The molecule has 14 heteroatoms. The van der Waals surface area contributed by atoms with Crippen LogP contribution in [-0.4, -0.2) is 69.3 Å². The number of sulfonamides is 1. The van der Waals surface area contributed by atoms with Gasteiger partial charge in [0.25, 0.3) is 0 Å². The maximum absolute atomic E-state index is 13.4. The monoisotopic (exact) mass is 522 g/mol. The molecule has 1 amide bonds. The molecule has 0 radical (unpaired) electrons. The van der Waals surface area contributed by atoms with E-state index in [1.807, 2.05) is 6.92 Å². The normalized spacial score (nSPS) is 19.0. The van der Waals surface area contributed by atoms with Crippen LogP contribution in [0.5, 0.6) is 0 Å². The molecule has 1 unspecified atom stereocenters. The molecule has 2 aromatic rings. The quantitative estimate of drug-likeness (QED) is 0.581. The van der Waals surface area contributed by atoms with Crippen molar-refractivity contribution >= 4 is 27.5 Å². The second kappa shape index (κ2) is 8.83. The number of hydrogen-bond donors (Lipinski definition) is 0. The van der Waals surface area contributed by atoms with E-state index >= 15 is 0 Å². The summed E-state index contributed by atoms with van der Waals surface area (Å²) < 4.78 is 70.2. The van der Waals surface area contributed by atoms with Gasteiger partial charge >= 0.3 is 6.18 Å². The SMILES string of the molecule is CCn1cc(S(=O)(=O)N2CCN(C(=O)C(C)n3nc(C(F)(F)F)c(Cl)c3C3CC3)CC2)c(C)n1. The van der Waals surface area contributed by atoms with E-state index < -0.39 is 38.9 Å². The summed E-state index contributed by atoms with van der Waals surface area (Å²) >= 11 is 6.03. The van der Waals surface area contributed by atoms with E-state index in [0.29, 0.717) is 25.1 Å². The summed E-state index contributed by atoms with van der Waals surface area (Å²) in [6, 6.07) is -1.00. The average Bonchev–Trinajstić information content (AvgIpc) is 3.44. The summed E-state index contributed by atoms with van der Waals surface area (Å²) in [4.78, 5) is 14.7. The van der Waals surface area contributed by atoms with E-state index in [-0.39, 0.29) is 42.7 Å². The van der Waals surface area contributed by atoms with Crippen molar-refractivity contribution in [2.75, 3.05) is 26.2 Å². The Balaban J connectivity index is 1.49. The Kier molecular flexibility index (Phi) is 6.49. The second-order valence-electron chi connectivity index (χ2n) is 8.60. The average molecular weight is 523 g/mol. The Morgan fingerprint density at radius 2 is 1.82 bits per heavy atom. The molecule has 2 aromatic heterocycles. The van der Waals surface area contributed by atoms with Gasteiger partial charge in [0.1, 0.15) is 10.9 Å². The summed E-state index contributed by atoms with van der Waals surface area (Å²) in [5, 5.41) is 7.41. The predicted molar refractivity (Wildman–Crippen MR) is 117 cm³/mol. The van der Waals surface area contributed by atoms with Crippen molar-refractivity contribution in [3.63, 3.8) is 0 Å². The fourth-order valence-corrected chi connectivity index (χ4v) is 6.18. The van der Waals surface area contributed by atoms with Crippen LogP contribution >= 0.6 is 11.6 Å². The minimum atomic E-state index is -4.72. The molecule has 9 nitrogen and oxygen atoms in total. The lowest BCUT2D eigenvalue weighted by molar-refractivity contribution is -0.142. The van der Waals surface area contributed by atoms with Gasteiger partial charge in [-0.25, -0.2) is 8.42 Å². The van der Waals surface area contributed by atoms with Crippen LogP contribution < -0.4 is 0 Å². The van der Waals surface area contributed by atoms with Crippen LogP contribution in [0, 0.1) is 6.92 Å². The Morgan fingerprint density at radius 1 is 1.21 bits per heavy atom. The molecule has 1 atom stereocenters. The molecule has 1 aliphatic carbocycles. The van der Waals surface area contributed by atoms with E-state index in [4.69, 9.17) is 11.6 Å². The zero-order valence-electron chi connectivity index (χ0n) is 19.0. The van der Waals surface area contributed by atoms with Gasteiger partial charge in [-0.05, 0) is 33.6 Å². The van der Waals surface area contributed by atoms with Gasteiger partial charge in [0.15, 0.2) is 5.69 Å². The molecule has 2 aliphatic rings. The zero-order chi connectivity index (χ0) is 25.0. The highest BCUT2D eigenvalue weighted by atomic mass is 35.5. The molecule has 1 saturated heterocycles. The Morgan fingerprint density at radius 3 is 2.32 bits per heavy atom. The molecule has 1 aliphatic heterocycles. The van der Waals surface area contributed by atoms with Crippen LogP contribution in [0.2, 0.25) is 5.02 Å². The third kappa shape index (κ3) is 4.44. The van der Waals surface area contributed by atoms with Gasteiger partial charge < -0.3 is 4.90 Å². The van der Waals surface area contributed by atoms with E-state index in [9.17, 15) is 26.4 Å². The van der Waals surface area contributed by atoms with Crippen LogP contribution in [0.3, 0.4) is 0 Å². The summed E-state index contributed by atoms with van der Waals surface area (Å²) in [6.45, 7) is 5.87. The molecule has 4 rings (SSSR count). The van der Waals surface area contributed by atoms with E-state index in [2.05, 4.69) is 10.2 Å². The lowest BCUT2D eigenvalue weighted by Crippen LogP contribution is -2.52. The molecule has 188 valence electrons. The first kappa shape index (κ1) is 25.0. The molecular weight excluding hydrogens is 497 g/mol. The topological polar surface area (TPSA) is 93.3 Å². The molecule has 2 fully saturated rings. The van der Waals surface area contributed by atoms with Gasteiger partial charge in [-0.15, -0.1) is 0 Å². The van der Waals surface area contributed by atoms with Gasteiger partial charge in [0.2, 0.25) is 15.9 Å². The molecule has 0 N–H and O–H groups in total. The van der Waals surface area contributed by atoms with Crippen molar-refractivity contribution in [2.45, 2.75) is 63.2 Å². The minimum Gasteiger partial charge on any atom is -0.338 e. The first-order chi connectivity index (χ1) is 15.9. The summed E-state index contributed by atoms with van der Waals surface area (Å²) in [7, 11) is -3.78. The van der Waals surface area contributed by atoms with Crippen molar-refractivity contribution in [3.05, 3.63) is 28.3 Å². The Labute approximate surface area is 200 Å². The molecule has 0 bridgehead atoms. The second-order valence-corrected chi connectivity index (χ2v) is 10.9. The smallest absolute Gasteiger partial charge is 0.338 e. The van der Waals surface area contributed by atoms with Gasteiger partial charge in [0, 0.05) is 44.8 Å². The van der Waals surface area contributed by atoms with Crippen LogP contribution in [0.15, 0.2) is 11.1 Å². The first-order valence-corrected chi connectivity index (χ1v) is 12.9. The number of halogens is 4. The van der Waals surface area contributed by atoms with Crippen molar-refractivity contribution in [1.82, 2.24) is 28.8 Å². The van der Waals surface area contributed by atoms with Gasteiger partial charge in [-0.1, -0.05) is 11.6 Å². The maximum Gasteiger partial charge on any atom is 0.436 e. The lowest BCUT2D eigenvalue weighted by Gasteiger charge is -2.35. The summed E-state index contributed by atoms with van der Waals surface area (Å²) in [5.41, 5.74) is -0.549. The fraction of sp³-hybridized carbons (Fsp3) is 0.650. The summed E-state index contributed by atoms with van der Waals surface area (Å²) in [5.74, 6) is -0.581. The van der Waals surface area contributed by atoms with Gasteiger partial charge in [0.05, 0.1) is 16.4 Å². The zero-order valence-corrected chi connectivity index (χ0v) is 20.6. The first-order valence-electron chi connectivity index (χ1n) is 11.0. The fourth-order valence-electron chi connectivity index (χ4n) is 4.20. The summed E-state index contributed by atoms with van der Waals surface area (Å²) in [6.07, 6.45) is -1.86. The lowest BCUT2D eigenvalue weighted by atomic mass is 10.2. The number of rotatable bonds is 6. The van der Waals surface area contributed by atoms with E-state index in [1.54, 1.807) is 11.6 Å². The standard InChI is InChI=1S/C20H26ClF3N6O3S/c1-4-28-11-15(12(2)25-28)34(32,33)29-9-7-27(8-10-29)19(31)13(3)30-17(14-5-6-14)16(21)18(26-30)20(22,23)24/h11,13-14H,4-10H2,1-3H3. The molecular formula is C20H26ClF3N6O3S. The number of piperazine rings is 1. The maximum atomic E-state index is 13.4. The third-order valence-electron chi connectivity index (χ3n) is 6.24.